The van der Waals surface area contributed by atoms with Gasteiger partial charge in [-0.2, -0.15) is 5.26 Å². The zero-order valence-corrected chi connectivity index (χ0v) is 14.5. The van der Waals surface area contributed by atoms with E-state index in [1.54, 1.807) is 7.11 Å². The molecule has 0 bridgehead atoms. The van der Waals surface area contributed by atoms with Gasteiger partial charge in [0.25, 0.3) is 0 Å². The number of hydrogen-bond acceptors (Lipinski definition) is 4. The Morgan fingerprint density at radius 1 is 1.14 bits per heavy atom. The summed E-state index contributed by atoms with van der Waals surface area (Å²) in [6.07, 6.45) is 0. The van der Waals surface area contributed by atoms with E-state index in [2.05, 4.69) is 40.0 Å². The molecule has 0 spiro atoms. The zero-order valence-electron chi connectivity index (χ0n) is 12.3. The number of ether oxygens (including phenoxy) is 2. The summed E-state index contributed by atoms with van der Waals surface area (Å²) in [6.45, 7) is 1.56. The highest BCUT2D eigenvalue weighted by atomic mass is 127. The molecule has 0 amide bonds. The minimum atomic E-state index is 0.0119. The minimum absolute atomic E-state index is 0.0119. The Balaban J connectivity index is 2.02. The standard InChI is InChI=1S/C17H17IN2O2/c1-21-16-10-14(9-15(18)17(16)22-8-7-19)12-20-11-13-5-3-2-4-6-13/h2-6,9-10,20H,8,11-12H2,1H3. The summed E-state index contributed by atoms with van der Waals surface area (Å²) in [5.74, 6) is 1.27. The fourth-order valence-corrected chi connectivity index (χ4v) is 2.89. The van der Waals surface area contributed by atoms with Gasteiger partial charge in [0.1, 0.15) is 6.07 Å². The van der Waals surface area contributed by atoms with Gasteiger partial charge in [0, 0.05) is 13.1 Å². The van der Waals surface area contributed by atoms with Crippen molar-refractivity contribution in [3.8, 4) is 17.6 Å². The molecule has 1 N–H and O–H groups in total. The Morgan fingerprint density at radius 2 is 1.86 bits per heavy atom. The molecule has 0 unspecified atom stereocenters. The van der Waals surface area contributed by atoms with Crippen molar-refractivity contribution in [3.63, 3.8) is 0 Å². The molecule has 2 rings (SSSR count). The number of nitrogens with zero attached hydrogens (tertiary/aromatic N) is 1. The maximum Gasteiger partial charge on any atom is 0.176 e. The zero-order chi connectivity index (χ0) is 15.8. The summed E-state index contributed by atoms with van der Waals surface area (Å²) in [7, 11) is 1.60. The van der Waals surface area contributed by atoms with E-state index in [4.69, 9.17) is 14.7 Å². The molecule has 0 heterocycles. The normalized spacial score (nSPS) is 10.0. The van der Waals surface area contributed by atoms with Crippen molar-refractivity contribution in [3.05, 3.63) is 57.2 Å². The molecule has 0 aliphatic heterocycles. The van der Waals surface area contributed by atoms with Crippen molar-refractivity contribution in [1.82, 2.24) is 5.32 Å². The second-order valence-electron chi connectivity index (χ2n) is 4.64. The predicted octanol–water partition coefficient (Wildman–Crippen LogP) is 3.49. The Labute approximate surface area is 144 Å². The maximum atomic E-state index is 8.63. The van der Waals surface area contributed by atoms with E-state index in [1.165, 1.54) is 5.56 Å². The van der Waals surface area contributed by atoms with E-state index < -0.39 is 0 Å². The van der Waals surface area contributed by atoms with Gasteiger partial charge < -0.3 is 14.8 Å². The molecule has 0 aromatic heterocycles. The average Bonchev–Trinajstić information content (AvgIpc) is 2.54. The van der Waals surface area contributed by atoms with Gasteiger partial charge in [-0.1, -0.05) is 30.3 Å². The largest absolute Gasteiger partial charge is 0.493 e. The summed E-state index contributed by atoms with van der Waals surface area (Å²) >= 11 is 2.20. The van der Waals surface area contributed by atoms with E-state index in [0.717, 1.165) is 22.2 Å². The molecule has 0 radical (unpaired) electrons. The van der Waals surface area contributed by atoms with Crippen LogP contribution < -0.4 is 14.8 Å². The molecule has 0 saturated carbocycles. The van der Waals surface area contributed by atoms with Gasteiger partial charge in [-0.25, -0.2) is 0 Å². The lowest BCUT2D eigenvalue weighted by molar-refractivity contribution is 0.327. The molecule has 5 heteroatoms. The van der Waals surface area contributed by atoms with Gasteiger partial charge in [0.15, 0.2) is 18.1 Å². The van der Waals surface area contributed by atoms with Crippen molar-refractivity contribution in [2.45, 2.75) is 13.1 Å². The average molecular weight is 408 g/mol. The predicted molar refractivity (Wildman–Crippen MR) is 93.8 cm³/mol. The second-order valence-corrected chi connectivity index (χ2v) is 5.81. The lowest BCUT2D eigenvalue weighted by Crippen LogP contribution is -2.13. The molecule has 0 aliphatic carbocycles. The molecule has 0 fully saturated rings. The molecule has 2 aromatic rings. The number of benzene rings is 2. The smallest absolute Gasteiger partial charge is 0.176 e. The number of nitrogens with one attached hydrogen (secondary N) is 1. The van der Waals surface area contributed by atoms with Crippen molar-refractivity contribution < 1.29 is 9.47 Å². The molecule has 0 atom stereocenters. The summed E-state index contributed by atoms with van der Waals surface area (Å²) < 4.78 is 11.7. The Morgan fingerprint density at radius 3 is 2.55 bits per heavy atom. The molecule has 4 nitrogen and oxygen atoms in total. The van der Waals surface area contributed by atoms with Gasteiger partial charge in [0.05, 0.1) is 10.7 Å². The van der Waals surface area contributed by atoms with Crippen LogP contribution in [0.15, 0.2) is 42.5 Å². The van der Waals surface area contributed by atoms with Gasteiger partial charge in [-0.15, -0.1) is 0 Å². The van der Waals surface area contributed by atoms with Crippen LogP contribution >= 0.6 is 22.6 Å². The van der Waals surface area contributed by atoms with E-state index in [9.17, 15) is 0 Å². The van der Waals surface area contributed by atoms with E-state index in [1.807, 2.05) is 36.4 Å². The summed E-state index contributed by atoms with van der Waals surface area (Å²) in [4.78, 5) is 0. The third-order valence-corrected chi connectivity index (χ3v) is 3.87. The van der Waals surface area contributed by atoms with Crippen LogP contribution in [0.25, 0.3) is 0 Å². The first-order chi connectivity index (χ1) is 10.7. The first-order valence-electron chi connectivity index (χ1n) is 6.85. The third kappa shape index (κ3) is 4.61. The Hall–Kier alpha value is -1.78. The molecule has 0 saturated heterocycles. The number of hydrogen-bond donors (Lipinski definition) is 1. The van der Waals surface area contributed by atoms with Crippen molar-refractivity contribution in [1.29, 1.82) is 5.26 Å². The summed E-state index contributed by atoms with van der Waals surface area (Å²) in [5, 5.41) is 12.0. The number of methoxy groups -OCH3 is 1. The van der Waals surface area contributed by atoms with Crippen LogP contribution in [0.2, 0.25) is 0 Å². The van der Waals surface area contributed by atoms with Gasteiger partial charge in [-0.3, -0.25) is 0 Å². The fraction of sp³-hybridized carbons (Fsp3) is 0.235. The van der Waals surface area contributed by atoms with Crippen LogP contribution in [0.3, 0.4) is 0 Å². The van der Waals surface area contributed by atoms with Crippen LogP contribution in [-0.2, 0) is 13.1 Å². The van der Waals surface area contributed by atoms with Crippen LogP contribution in [0.5, 0.6) is 11.5 Å². The van der Waals surface area contributed by atoms with Crippen molar-refractivity contribution in [2.75, 3.05) is 13.7 Å². The summed E-state index contributed by atoms with van der Waals surface area (Å²) in [5.41, 5.74) is 2.36. The van der Waals surface area contributed by atoms with Crippen LogP contribution in [0.4, 0.5) is 0 Å². The molecule has 0 aliphatic rings. The van der Waals surface area contributed by atoms with Gasteiger partial charge in [0.2, 0.25) is 0 Å². The first kappa shape index (κ1) is 16.6. The van der Waals surface area contributed by atoms with Gasteiger partial charge >= 0.3 is 0 Å². The molecule has 114 valence electrons. The van der Waals surface area contributed by atoms with Crippen LogP contribution in [0.1, 0.15) is 11.1 Å². The van der Waals surface area contributed by atoms with Crippen LogP contribution in [-0.4, -0.2) is 13.7 Å². The highest BCUT2D eigenvalue weighted by Crippen LogP contribution is 2.33. The summed E-state index contributed by atoms with van der Waals surface area (Å²) in [6, 6.07) is 16.2. The van der Waals surface area contributed by atoms with Crippen molar-refractivity contribution in [2.24, 2.45) is 0 Å². The number of halogens is 1. The maximum absolute atomic E-state index is 8.63. The van der Waals surface area contributed by atoms with E-state index in [0.29, 0.717) is 11.5 Å². The lowest BCUT2D eigenvalue weighted by Gasteiger charge is -2.13. The number of nitriles is 1. The second kappa shape index (κ2) is 8.61. The van der Waals surface area contributed by atoms with Crippen molar-refractivity contribution >= 4 is 22.6 Å². The highest BCUT2D eigenvalue weighted by Gasteiger charge is 2.11. The third-order valence-electron chi connectivity index (χ3n) is 3.07. The fourth-order valence-electron chi connectivity index (χ4n) is 2.07. The monoisotopic (exact) mass is 408 g/mol. The Bertz CT molecular complexity index is 654. The van der Waals surface area contributed by atoms with E-state index in [-0.39, 0.29) is 6.61 Å². The quantitative estimate of drug-likeness (QED) is 0.713. The molecule has 2 aromatic carbocycles. The minimum Gasteiger partial charge on any atom is -0.493 e. The first-order valence-corrected chi connectivity index (χ1v) is 7.93. The highest BCUT2D eigenvalue weighted by molar-refractivity contribution is 14.1. The van der Waals surface area contributed by atoms with Crippen LogP contribution in [0, 0.1) is 14.9 Å². The Kier molecular flexibility index (Phi) is 6.49. The van der Waals surface area contributed by atoms with E-state index >= 15 is 0 Å². The molecule has 22 heavy (non-hydrogen) atoms. The SMILES string of the molecule is COc1cc(CNCc2ccccc2)cc(I)c1OCC#N. The number of rotatable bonds is 7. The topological polar surface area (TPSA) is 54.3 Å². The molecular formula is C17H17IN2O2. The molecular weight excluding hydrogens is 391 g/mol. The lowest BCUT2D eigenvalue weighted by atomic mass is 10.2. The van der Waals surface area contributed by atoms with Gasteiger partial charge in [-0.05, 0) is 45.9 Å².